The van der Waals surface area contributed by atoms with Gasteiger partial charge in [0, 0.05) is 5.56 Å². The van der Waals surface area contributed by atoms with E-state index in [4.69, 9.17) is 0 Å². The van der Waals surface area contributed by atoms with E-state index in [-0.39, 0.29) is 16.9 Å². The van der Waals surface area contributed by atoms with Gasteiger partial charge in [0.2, 0.25) is 5.91 Å². The molecule has 17 heavy (non-hydrogen) atoms. The molecule has 1 heterocycles. The highest BCUT2D eigenvalue weighted by atomic mass is 32.2. The summed E-state index contributed by atoms with van der Waals surface area (Å²) in [6.07, 6.45) is 1.44. The summed E-state index contributed by atoms with van der Waals surface area (Å²) in [5.74, 6) is 0.0828. The van der Waals surface area contributed by atoms with Gasteiger partial charge in [-0.2, -0.15) is 5.10 Å². The van der Waals surface area contributed by atoms with Crippen LogP contribution in [-0.4, -0.2) is 27.6 Å². The van der Waals surface area contributed by atoms with Crippen LogP contribution in [0.5, 0.6) is 5.75 Å². The number of amidine groups is 1. The molecule has 1 aliphatic rings. The third kappa shape index (κ3) is 2.85. The van der Waals surface area contributed by atoms with Crippen molar-refractivity contribution in [3.63, 3.8) is 0 Å². The third-order valence-corrected chi connectivity index (χ3v) is 3.14. The van der Waals surface area contributed by atoms with Crippen molar-refractivity contribution in [3.05, 3.63) is 29.8 Å². The number of carbonyl (C=O) groups is 1. The molecule has 0 saturated carbocycles. The summed E-state index contributed by atoms with van der Waals surface area (Å²) in [6, 6.07) is 6.82. The maximum atomic E-state index is 11.2. The van der Waals surface area contributed by atoms with E-state index in [0.717, 1.165) is 0 Å². The first-order valence-electron chi connectivity index (χ1n) is 5.03. The molecule has 1 aromatic rings. The lowest BCUT2D eigenvalue weighted by atomic mass is 10.2. The molecule has 1 fully saturated rings. The smallest absolute Gasteiger partial charge is 0.239 e. The van der Waals surface area contributed by atoms with Crippen LogP contribution in [0.1, 0.15) is 12.5 Å². The van der Waals surface area contributed by atoms with Crippen molar-refractivity contribution >= 4 is 29.1 Å². The van der Waals surface area contributed by atoms with Gasteiger partial charge in [0.15, 0.2) is 5.17 Å². The first kappa shape index (κ1) is 11.7. The highest BCUT2D eigenvalue weighted by Crippen LogP contribution is 2.18. The lowest BCUT2D eigenvalue weighted by molar-refractivity contribution is -0.118. The van der Waals surface area contributed by atoms with E-state index in [1.165, 1.54) is 18.0 Å². The Balaban J connectivity index is 2.06. The number of nitrogens with zero attached hydrogens (tertiary/aromatic N) is 2. The van der Waals surface area contributed by atoms with E-state index in [0.29, 0.717) is 10.7 Å². The topological polar surface area (TPSA) is 74.1 Å². The van der Waals surface area contributed by atoms with Gasteiger partial charge in [0.05, 0.1) is 11.5 Å². The number of amides is 1. The van der Waals surface area contributed by atoms with E-state index in [2.05, 4.69) is 15.5 Å². The van der Waals surface area contributed by atoms with Crippen molar-refractivity contribution < 1.29 is 9.90 Å². The predicted molar refractivity (Wildman–Crippen MR) is 68.3 cm³/mol. The van der Waals surface area contributed by atoms with Gasteiger partial charge in [-0.05, 0) is 19.1 Å². The molecule has 1 amide bonds. The van der Waals surface area contributed by atoms with Crippen LogP contribution in [0, 0.1) is 0 Å². The standard InChI is InChI=1S/C11H11N3O2S/c1-7-10(16)13-11(17-7)14-12-6-8-4-2-3-5-9(8)15/h2-7,15H,1H3,(H,13,14,16)/b12-6-/t7-/m1/s1. The number of phenols is 1. The number of thioether (sulfide) groups is 1. The average Bonchev–Trinajstić information content (AvgIpc) is 2.61. The molecule has 1 atom stereocenters. The molecule has 88 valence electrons. The molecule has 0 aliphatic carbocycles. The molecule has 5 nitrogen and oxygen atoms in total. The monoisotopic (exact) mass is 249 g/mol. The second-order valence-electron chi connectivity index (χ2n) is 3.46. The Hall–Kier alpha value is -1.82. The number of carbonyl (C=O) groups excluding carboxylic acids is 1. The Morgan fingerprint density at radius 1 is 1.47 bits per heavy atom. The summed E-state index contributed by atoms with van der Waals surface area (Å²) in [5.41, 5.74) is 0.583. The zero-order valence-electron chi connectivity index (χ0n) is 9.12. The molecular formula is C11H11N3O2S. The molecule has 1 saturated heterocycles. The van der Waals surface area contributed by atoms with E-state index < -0.39 is 0 Å². The second kappa shape index (κ2) is 5.01. The Morgan fingerprint density at radius 2 is 2.24 bits per heavy atom. The zero-order valence-corrected chi connectivity index (χ0v) is 9.94. The van der Waals surface area contributed by atoms with Gasteiger partial charge in [-0.25, -0.2) is 0 Å². The van der Waals surface area contributed by atoms with Crippen molar-refractivity contribution in [2.45, 2.75) is 12.2 Å². The largest absolute Gasteiger partial charge is 0.507 e. The number of nitrogens with one attached hydrogen (secondary N) is 1. The Bertz CT molecular complexity index is 499. The predicted octanol–water partition coefficient (Wildman–Crippen LogP) is 1.33. The molecule has 2 rings (SSSR count). The zero-order chi connectivity index (χ0) is 12.3. The minimum absolute atomic E-state index is 0.0634. The van der Waals surface area contributed by atoms with Gasteiger partial charge in [-0.3, -0.25) is 4.79 Å². The quantitative estimate of drug-likeness (QED) is 0.613. The summed E-state index contributed by atoms with van der Waals surface area (Å²) < 4.78 is 0. The molecule has 0 spiro atoms. The number of hydrogen-bond donors (Lipinski definition) is 2. The Labute approximate surface area is 103 Å². The highest BCUT2D eigenvalue weighted by Gasteiger charge is 2.25. The minimum Gasteiger partial charge on any atom is -0.507 e. The Kier molecular flexibility index (Phi) is 3.43. The molecule has 1 aliphatic heterocycles. The highest BCUT2D eigenvalue weighted by molar-refractivity contribution is 8.15. The third-order valence-electron chi connectivity index (χ3n) is 2.17. The van der Waals surface area contributed by atoms with Gasteiger partial charge in [-0.15, -0.1) is 5.10 Å². The fourth-order valence-electron chi connectivity index (χ4n) is 1.25. The molecule has 6 heteroatoms. The Morgan fingerprint density at radius 3 is 2.88 bits per heavy atom. The minimum atomic E-state index is -0.130. The summed E-state index contributed by atoms with van der Waals surface area (Å²) in [5, 5.41) is 20.1. The SMILES string of the molecule is C[C@H]1SC(=N/N=C\c2ccccc2O)NC1=O. The first-order chi connectivity index (χ1) is 8.16. The van der Waals surface area contributed by atoms with E-state index in [1.807, 2.05) is 0 Å². The van der Waals surface area contributed by atoms with E-state index >= 15 is 0 Å². The molecule has 0 radical (unpaired) electrons. The molecule has 2 N–H and O–H groups in total. The fraction of sp³-hybridized carbons (Fsp3) is 0.182. The van der Waals surface area contributed by atoms with Crippen molar-refractivity contribution in [2.24, 2.45) is 10.2 Å². The van der Waals surface area contributed by atoms with Gasteiger partial charge in [0.25, 0.3) is 0 Å². The van der Waals surface area contributed by atoms with Crippen LogP contribution in [0.15, 0.2) is 34.5 Å². The van der Waals surface area contributed by atoms with Gasteiger partial charge in [0.1, 0.15) is 5.75 Å². The lowest BCUT2D eigenvalue weighted by Gasteiger charge is -1.95. The number of aromatic hydroxyl groups is 1. The summed E-state index contributed by atoms with van der Waals surface area (Å²) in [4.78, 5) is 11.2. The van der Waals surface area contributed by atoms with Gasteiger partial charge in [-0.1, -0.05) is 23.9 Å². The van der Waals surface area contributed by atoms with Crippen LogP contribution in [0.3, 0.4) is 0 Å². The van der Waals surface area contributed by atoms with Crippen molar-refractivity contribution in [1.82, 2.24) is 5.32 Å². The van der Waals surface area contributed by atoms with Crippen LogP contribution in [0.2, 0.25) is 0 Å². The van der Waals surface area contributed by atoms with E-state index in [1.54, 1.807) is 31.2 Å². The number of rotatable bonds is 2. The van der Waals surface area contributed by atoms with E-state index in [9.17, 15) is 9.90 Å². The number of hydrogen-bond acceptors (Lipinski definition) is 5. The van der Waals surface area contributed by atoms with Crippen molar-refractivity contribution in [2.75, 3.05) is 0 Å². The molecule has 0 bridgehead atoms. The van der Waals surface area contributed by atoms with Crippen LogP contribution in [-0.2, 0) is 4.79 Å². The first-order valence-corrected chi connectivity index (χ1v) is 5.91. The van der Waals surface area contributed by atoms with Crippen molar-refractivity contribution in [3.8, 4) is 5.75 Å². The lowest BCUT2D eigenvalue weighted by Crippen LogP contribution is -2.23. The average molecular weight is 249 g/mol. The summed E-state index contributed by atoms with van der Waals surface area (Å²) in [6.45, 7) is 1.80. The van der Waals surface area contributed by atoms with Crippen LogP contribution in [0.4, 0.5) is 0 Å². The van der Waals surface area contributed by atoms with Crippen molar-refractivity contribution in [1.29, 1.82) is 0 Å². The number of benzene rings is 1. The molecule has 0 aromatic heterocycles. The molecule has 0 unspecified atom stereocenters. The maximum Gasteiger partial charge on any atom is 0.239 e. The molecular weight excluding hydrogens is 238 g/mol. The maximum absolute atomic E-state index is 11.2. The normalized spacial score (nSPS) is 22.3. The van der Waals surface area contributed by atoms with Crippen LogP contribution in [0.25, 0.3) is 0 Å². The van der Waals surface area contributed by atoms with Crippen LogP contribution < -0.4 is 5.32 Å². The van der Waals surface area contributed by atoms with Gasteiger partial charge >= 0.3 is 0 Å². The number of phenolic OH excluding ortho intramolecular Hbond substituents is 1. The second-order valence-corrected chi connectivity index (χ2v) is 4.79. The summed E-state index contributed by atoms with van der Waals surface area (Å²) >= 11 is 1.33. The van der Waals surface area contributed by atoms with Gasteiger partial charge < -0.3 is 10.4 Å². The van der Waals surface area contributed by atoms with Crippen LogP contribution >= 0.6 is 11.8 Å². The summed E-state index contributed by atoms with van der Waals surface area (Å²) in [7, 11) is 0. The number of para-hydroxylation sites is 1. The fourth-order valence-corrected chi connectivity index (χ4v) is 2.00. The molecule has 1 aromatic carbocycles.